The van der Waals surface area contributed by atoms with Gasteiger partial charge in [-0.05, 0) is 30.4 Å². The first kappa shape index (κ1) is 19.9. The van der Waals surface area contributed by atoms with Crippen LogP contribution < -0.4 is 9.46 Å². The number of benzene rings is 2. The van der Waals surface area contributed by atoms with E-state index in [0.29, 0.717) is 38.8 Å². The van der Waals surface area contributed by atoms with Crippen LogP contribution in [0.4, 0.5) is 0 Å². The third kappa shape index (κ3) is 4.46. The second-order valence-corrected chi connectivity index (χ2v) is 9.54. The number of nitrogens with zero attached hydrogens (tertiary/aromatic N) is 1. The number of hydrogen-bond acceptors (Lipinski definition) is 4. The van der Waals surface area contributed by atoms with Gasteiger partial charge in [0.2, 0.25) is 15.9 Å². The maximum Gasteiger partial charge on any atom is 0.223 e. The van der Waals surface area contributed by atoms with Crippen LogP contribution in [0.15, 0.2) is 48.5 Å². The molecular formula is C22H26N2O4S. The summed E-state index contributed by atoms with van der Waals surface area (Å²) in [7, 11) is -3.36. The Kier molecular flexibility index (Phi) is 5.61. The van der Waals surface area contributed by atoms with Crippen molar-refractivity contribution in [1.29, 1.82) is 0 Å². The molecule has 0 radical (unpaired) electrons. The summed E-state index contributed by atoms with van der Waals surface area (Å²) in [5.41, 5.74) is 3.09. The summed E-state index contributed by atoms with van der Waals surface area (Å²) in [4.78, 5) is 14.6. The van der Waals surface area contributed by atoms with E-state index in [1.807, 2.05) is 41.3 Å². The van der Waals surface area contributed by atoms with Crippen molar-refractivity contribution >= 4 is 15.9 Å². The van der Waals surface area contributed by atoms with E-state index in [1.165, 1.54) is 6.26 Å². The highest BCUT2D eigenvalue weighted by molar-refractivity contribution is 7.88. The molecule has 2 heterocycles. The highest BCUT2D eigenvalue weighted by atomic mass is 32.2. The molecule has 1 amide bonds. The number of rotatable bonds is 3. The first-order chi connectivity index (χ1) is 13.9. The maximum absolute atomic E-state index is 12.7. The highest BCUT2D eigenvalue weighted by Crippen LogP contribution is 2.36. The third-order valence-corrected chi connectivity index (χ3v) is 6.35. The van der Waals surface area contributed by atoms with Crippen LogP contribution in [0.3, 0.4) is 0 Å². The van der Waals surface area contributed by atoms with Gasteiger partial charge < -0.3 is 9.64 Å². The van der Waals surface area contributed by atoms with Gasteiger partial charge in [0.05, 0.1) is 18.9 Å². The summed E-state index contributed by atoms with van der Waals surface area (Å²) in [6.07, 6.45) is 3.38. The van der Waals surface area contributed by atoms with E-state index in [0.717, 1.165) is 22.4 Å². The number of hydrogen-bond donors (Lipinski definition) is 1. The van der Waals surface area contributed by atoms with E-state index in [2.05, 4.69) is 16.9 Å². The summed E-state index contributed by atoms with van der Waals surface area (Å²) < 4.78 is 32.6. The van der Waals surface area contributed by atoms with E-state index in [4.69, 9.17) is 4.74 Å². The number of fused-ring (bicyclic) bond motifs is 2. The molecule has 6 nitrogen and oxygen atoms in total. The van der Waals surface area contributed by atoms with Gasteiger partial charge in [0, 0.05) is 24.6 Å². The van der Waals surface area contributed by atoms with Gasteiger partial charge in [-0.3, -0.25) is 4.79 Å². The monoisotopic (exact) mass is 414 g/mol. The van der Waals surface area contributed by atoms with Crippen LogP contribution in [0.1, 0.15) is 24.8 Å². The quantitative estimate of drug-likeness (QED) is 0.838. The van der Waals surface area contributed by atoms with Crippen molar-refractivity contribution in [2.24, 2.45) is 0 Å². The van der Waals surface area contributed by atoms with Gasteiger partial charge in [0.1, 0.15) is 5.75 Å². The topological polar surface area (TPSA) is 75.7 Å². The minimum absolute atomic E-state index is 0.0686. The van der Waals surface area contributed by atoms with Gasteiger partial charge in [-0.15, -0.1) is 0 Å². The second kappa shape index (κ2) is 8.16. The molecule has 2 aromatic rings. The van der Waals surface area contributed by atoms with Gasteiger partial charge in [-0.1, -0.05) is 48.5 Å². The van der Waals surface area contributed by atoms with Gasteiger partial charge in [0.15, 0.2) is 0 Å². The predicted molar refractivity (Wildman–Crippen MR) is 112 cm³/mol. The van der Waals surface area contributed by atoms with Crippen molar-refractivity contribution < 1.29 is 17.9 Å². The van der Waals surface area contributed by atoms with Crippen LogP contribution >= 0.6 is 0 Å². The number of sulfonamides is 1. The summed E-state index contributed by atoms with van der Waals surface area (Å²) >= 11 is 0. The van der Waals surface area contributed by atoms with Crippen molar-refractivity contribution in [2.45, 2.75) is 37.8 Å². The molecule has 0 spiro atoms. The van der Waals surface area contributed by atoms with Gasteiger partial charge >= 0.3 is 0 Å². The fourth-order valence-electron chi connectivity index (χ4n) is 4.36. The normalized spacial score (nSPS) is 22.5. The van der Waals surface area contributed by atoms with Crippen molar-refractivity contribution in [1.82, 2.24) is 9.62 Å². The number of carbonyl (C=O) groups excluding carboxylic acids is 1. The summed E-state index contributed by atoms with van der Waals surface area (Å²) in [5.74, 6) is 0.900. The lowest BCUT2D eigenvalue weighted by Crippen LogP contribution is -2.47. The zero-order valence-electron chi connectivity index (χ0n) is 16.5. The molecule has 2 atom stereocenters. The molecule has 2 unspecified atom stereocenters. The fraction of sp³-hybridized carbons (Fsp3) is 0.409. The molecule has 0 aromatic heterocycles. The van der Waals surface area contributed by atoms with Crippen LogP contribution in [0.5, 0.6) is 5.75 Å². The van der Waals surface area contributed by atoms with E-state index < -0.39 is 10.0 Å². The average Bonchev–Trinajstić information content (AvgIpc) is 3.07. The van der Waals surface area contributed by atoms with Gasteiger partial charge in [0.25, 0.3) is 0 Å². The smallest absolute Gasteiger partial charge is 0.223 e. The molecule has 1 fully saturated rings. The number of carbonyl (C=O) groups is 1. The lowest BCUT2D eigenvalue weighted by atomic mass is 9.95. The summed E-state index contributed by atoms with van der Waals surface area (Å²) in [6.45, 7) is 1.05. The lowest BCUT2D eigenvalue weighted by Gasteiger charge is -2.30. The van der Waals surface area contributed by atoms with Crippen LogP contribution in [-0.2, 0) is 21.2 Å². The fourth-order valence-corrected chi connectivity index (χ4v) is 5.18. The first-order valence-electron chi connectivity index (χ1n) is 9.99. The Labute approximate surface area is 171 Å². The zero-order valence-corrected chi connectivity index (χ0v) is 17.3. The minimum atomic E-state index is -3.36. The molecular weight excluding hydrogens is 388 g/mol. The Morgan fingerprint density at radius 1 is 1.10 bits per heavy atom. The molecule has 154 valence electrons. The van der Waals surface area contributed by atoms with E-state index in [1.54, 1.807) is 0 Å². The zero-order chi connectivity index (χ0) is 20.4. The van der Waals surface area contributed by atoms with Crippen LogP contribution in [0, 0.1) is 0 Å². The summed E-state index contributed by atoms with van der Waals surface area (Å²) in [5, 5.41) is 0. The van der Waals surface area contributed by atoms with Crippen LogP contribution in [0.25, 0.3) is 11.1 Å². The molecule has 1 N–H and O–H groups in total. The minimum Gasteiger partial charge on any atom is -0.493 e. The van der Waals surface area contributed by atoms with Crippen molar-refractivity contribution in [2.75, 3.05) is 19.4 Å². The molecule has 2 aliphatic heterocycles. The molecule has 4 rings (SSSR count). The van der Waals surface area contributed by atoms with Gasteiger partial charge in [-0.2, -0.15) is 0 Å². The average molecular weight is 415 g/mol. The molecule has 0 bridgehead atoms. The molecule has 0 saturated carbocycles. The van der Waals surface area contributed by atoms with E-state index in [-0.39, 0.29) is 18.0 Å². The Hall–Kier alpha value is -2.38. The van der Waals surface area contributed by atoms with Crippen LogP contribution in [0.2, 0.25) is 0 Å². The van der Waals surface area contributed by atoms with Crippen molar-refractivity contribution in [3.63, 3.8) is 0 Å². The van der Waals surface area contributed by atoms with Crippen molar-refractivity contribution in [3.8, 4) is 16.9 Å². The lowest BCUT2D eigenvalue weighted by molar-refractivity contribution is -0.132. The van der Waals surface area contributed by atoms with Gasteiger partial charge in [-0.25, -0.2) is 13.1 Å². The molecule has 2 aromatic carbocycles. The SMILES string of the molecule is CS(=O)(=O)NC1CCN2C(=O)CCCOc3c(cccc3-c3ccccc3)CC12. The standard InChI is InChI=1S/C22H26N2O4S/c1-29(26,27)23-19-12-13-24-20(19)15-17-9-5-10-18(16-7-3-2-4-8-16)22(17)28-14-6-11-21(24)25/h2-5,7-10,19-20,23H,6,11-15H2,1H3. The van der Waals surface area contributed by atoms with E-state index in [9.17, 15) is 13.2 Å². The number of ether oxygens (including phenoxy) is 1. The Balaban J connectivity index is 1.74. The number of amides is 1. The Morgan fingerprint density at radius 3 is 2.66 bits per heavy atom. The highest BCUT2D eigenvalue weighted by Gasteiger charge is 2.39. The van der Waals surface area contributed by atoms with Crippen molar-refractivity contribution in [3.05, 3.63) is 54.1 Å². The molecule has 29 heavy (non-hydrogen) atoms. The van der Waals surface area contributed by atoms with Crippen LogP contribution in [-0.4, -0.2) is 50.7 Å². The summed E-state index contributed by atoms with van der Waals surface area (Å²) in [6, 6.07) is 15.6. The molecule has 7 heteroatoms. The molecule has 0 aliphatic carbocycles. The third-order valence-electron chi connectivity index (χ3n) is 5.62. The molecule has 2 aliphatic rings. The molecule has 1 saturated heterocycles. The largest absolute Gasteiger partial charge is 0.493 e. The number of para-hydroxylation sites is 1. The maximum atomic E-state index is 12.7. The first-order valence-corrected chi connectivity index (χ1v) is 11.9. The Bertz CT molecular complexity index is 991. The second-order valence-electron chi connectivity index (χ2n) is 7.76. The number of nitrogens with one attached hydrogen (secondary N) is 1. The Morgan fingerprint density at radius 2 is 1.90 bits per heavy atom. The predicted octanol–water partition coefficient (Wildman–Crippen LogP) is 2.59. The van der Waals surface area contributed by atoms with E-state index >= 15 is 0 Å².